The summed E-state index contributed by atoms with van der Waals surface area (Å²) >= 11 is 0. The summed E-state index contributed by atoms with van der Waals surface area (Å²) in [5, 5.41) is 3.70. The lowest BCUT2D eigenvalue weighted by Gasteiger charge is -1.97. The number of aromatic nitrogens is 2. The molecular weight excluding hydrogens is 178 g/mol. The molecule has 0 atom stereocenters. The average Bonchev–Trinajstić information content (AvgIpc) is 2.48. The second kappa shape index (κ2) is 3.14. The van der Waals surface area contributed by atoms with Crippen LogP contribution < -0.4 is 5.73 Å². The maximum absolute atomic E-state index is 5.60. The summed E-state index contributed by atoms with van der Waals surface area (Å²) in [5.41, 5.74) is 8.37. The molecule has 72 valence electrons. The van der Waals surface area contributed by atoms with Gasteiger partial charge in [-0.15, -0.1) is 0 Å². The van der Waals surface area contributed by atoms with Gasteiger partial charge in [-0.2, -0.15) is 0 Å². The van der Waals surface area contributed by atoms with Crippen LogP contribution in [0.4, 0.5) is 5.82 Å². The first-order valence-electron chi connectivity index (χ1n) is 4.33. The summed E-state index contributed by atoms with van der Waals surface area (Å²) < 4.78 is 5.13. The lowest BCUT2D eigenvalue weighted by molar-refractivity contribution is 0.435. The van der Waals surface area contributed by atoms with E-state index in [2.05, 4.69) is 10.1 Å². The van der Waals surface area contributed by atoms with E-state index in [0.717, 1.165) is 16.8 Å². The van der Waals surface area contributed by atoms with Gasteiger partial charge in [-0.05, 0) is 26.0 Å². The first kappa shape index (κ1) is 8.74. The molecule has 2 rings (SSSR count). The van der Waals surface area contributed by atoms with Crippen molar-refractivity contribution < 1.29 is 4.52 Å². The molecule has 2 heterocycles. The van der Waals surface area contributed by atoms with Gasteiger partial charge in [0.1, 0.15) is 0 Å². The largest absolute Gasteiger partial charge is 0.381 e. The summed E-state index contributed by atoms with van der Waals surface area (Å²) in [6.07, 6.45) is 1.74. The van der Waals surface area contributed by atoms with E-state index in [1.807, 2.05) is 26.0 Å². The third kappa shape index (κ3) is 1.35. The second-order valence-electron chi connectivity index (χ2n) is 3.21. The number of rotatable bonds is 1. The molecular formula is C10H11N3O. The van der Waals surface area contributed by atoms with Gasteiger partial charge in [0.05, 0.1) is 0 Å². The van der Waals surface area contributed by atoms with Crippen molar-refractivity contribution in [1.29, 1.82) is 0 Å². The maximum atomic E-state index is 5.60. The van der Waals surface area contributed by atoms with Crippen molar-refractivity contribution in [3.8, 4) is 11.3 Å². The molecule has 0 bridgehead atoms. The smallest absolute Gasteiger partial charge is 0.172 e. The highest BCUT2D eigenvalue weighted by Gasteiger charge is 2.11. The van der Waals surface area contributed by atoms with Crippen LogP contribution in [0.1, 0.15) is 11.3 Å². The molecule has 0 saturated carbocycles. The molecule has 4 nitrogen and oxygen atoms in total. The number of aryl methyl sites for hydroxylation is 1. The lowest BCUT2D eigenvalue weighted by atomic mass is 10.1. The van der Waals surface area contributed by atoms with Crippen molar-refractivity contribution in [3.05, 3.63) is 29.6 Å². The van der Waals surface area contributed by atoms with Crippen molar-refractivity contribution >= 4 is 5.82 Å². The Morgan fingerprint density at radius 2 is 2.14 bits per heavy atom. The third-order valence-corrected chi connectivity index (χ3v) is 2.12. The van der Waals surface area contributed by atoms with Crippen molar-refractivity contribution in [2.24, 2.45) is 0 Å². The quantitative estimate of drug-likeness (QED) is 0.744. The van der Waals surface area contributed by atoms with Crippen LogP contribution in [-0.4, -0.2) is 10.1 Å². The molecule has 0 aliphatic rings. The zero-order chi connectivity index (χ0) is 10.1. The van der Waals surface area contributed by atoms with Gasteiger partial charge in [0, 0.05) is 23.0 Å². The molecule has 0 unspecified atom stereocenters. The second-order valence-corrected chi connectivity index (χ2v) is 3.21. The number of anilines is 1. The number of nitrogen functional groups attached to an aromatic ring is 1. The van der Waals surface area contributed by atoms with E-state index in [4.69, 9.17) is 10.3 Å². The minimum absolute atomic E-state index is 0.439. The van der Waals surface area contributed by atoms with Crippen molar-refractivity contribution in [2.45, 2.75) is 13.8 Å². The summed E-state index contributed by atoms with van der Waals surface area (Å²) in [5.74, 6) is 1.16. The van der Waals surface area contributed by atoms with E-state index in [0.29, 0.717) is 11.6 Å². The fraction of sp³-hybridized carbons (Fsp3) is 0.200. The summed E-state index contributed by atoms with van der Waals surface area (Å²) in [7, 11) is 0. The lowest BCUT2D eigenvalue weighted by Crippen LogP contribution is -1.87. The molecule has 2 aromatic heterocycles. The van der Waals surface area contributed by atoms with Crippen molar-refractivity contribution in [3.63, 3.8) is 0 Å². The Kier molecular flexibility index (Phi) is 1.96. The highest BCUT2D eigenvalue weighted by Crippen LogP contribution is 2.26. The van der Waals surface area contributed by atoms with Gasteiger partial charge in [0.2, 0.25) is 0 Å². The van der Waals surface area contributed by atoms with E-state index >= 15 is 0 Å². The molecule has 0 amide bonds. The van der Waals surface area contributed by atoms with Crippen molar-refractivity contribution in [2.75, 3.05) is 5.73 Å². The highest BCUT2D eigenvalue weighted by atomic mass is 16.5. The molecule has 0 aliphatic heterocycles. The molecule has 0 radical (unpaired) electrons. The van der Waals surface area contributed by atoms with Crippen LogP contribution in [0.15, 0.2) is 22.9 Å². The highest BCUT2D eigenvalue weighted by molar-refractivity contribution is 5.65. The van der Waals surface area contributed by atoms with Gasteiger partial charge >= 0.3 is 0 Å². The van der Waals surface area contributed by atoms with Crippen LogP contribution in [0.2, 0.25) is 0 Å². The normalized spacial score (nSPS) is 10.4. The Hall–Kier alpha value is -1.84. The van der Waals surface area contributed by atoms with E-state index in [9.17, 15) is 0 Å². The number of pyridine rings is 1. The predicted molar refractivity (Wildman–Crippen MR) is 53.6 cm³/mol. The summed E-state index contributed by atoms with van der Waals surface area (Å²) in [6.45, 7) is 3.81. The van der Waals surface area contributed by atoms with Crippen LogP contribution in [0.5, 0.6) is 0 Å². The Morgan fingerprint density at radius 1 is 1.36 bits per heavy atom. The third-order valence-electron chi connectivity index (χ3n) is 2.12. The Bertz CT molecular complexity index is 462. The first-order chi connectivity index (χ1) is 6.68. The Balaban J connectivity index is 2.55. The number of nitrogens with zero attached hydrogens (tertiary/aromatic N) is 2. The van der Waals surface area contributed by atoms with E-state index in [-0.39, 0.29) is 0 Å². The molecule has 0 fully saturated rings. The zero-order valence-corrected chi connectivity index (χ0v) is 8.11. The molecule has 0 spiro atoms. The summed E-state index contributed by atoms with van der Waals surface area (Å²) in [4.78, 5) is 4.11. The molecule has 4 heteroatoms. The van der Waals surface area contributed by atoms with Gasteiger partial charge in [0.25, 0.3) is 0 Å². The molecule has 0 saturated heterocycles. The van der Waals surface area contributed by atoms with Crippen molar-refractivity contribution in [1.82, 2.24) is 10.1 Å². The topological polar surface area (TPSA) is 64.9 Å². The van der Waals surface area contributed by atoms with Crippen LogP contribution in [0.3, 0.4) is 0 Å². The van der Waals surface area contributed by atoms with E-state index in [1.54, 1.807) is 6.20 Å². The molecule has 2 aromatic rings. The maximum Gasteiger partial charge on any atom is 0.172 e. The minimum atomic E-state index is 0.439. The fourth-order valence-corrected chi connectivity index (χ4v) is 1.30. The van der Waals surface area contributed by atoms with Gasteiger partial charge in [-0.3, -0.25) is 4.98 Å². The zero-order valence-electron chi connectivity index (χ0n) is 8.11. The molecule has 14 heavy (non-hydrogen) atoms. The standard InChI is InChI=1S/C10H11N3O/c1-6-5-8(3-4-12-6)9-7(2)10(11)13-14-9/h3-5H,1-2H3,(H2,11,13). The number of nitrogens with two attached hydrogens (primary N) is 1. The average molecular weight is 189 g/mol. The SMILES string of the molecule is Cc1cc(-c2onc(N)c2C)ccn1. The van der Waals surface area contributed by atoms with Crippen LogP contribution >= 0.6 is 0 Å². The molecule has 0 aromatic carbocycles. The molecule has 0 aliphatic carbocycles. The van der Waals surface area contributed by atoms with Gasteiger partial charge in [-0.1, -0.05) is 5.16 Å². The summed E-state index contributed by atoms with van der Waals surface area (Å²) in [6, 6.07) is 3.81. The number of hydrogen-bond donors (Lipinski definition) is 1. The first-order valence-corrected chi connectivity index (χ1v) is 4.33. The Morgan fingerprint density at radius 3 is 2.71 bits per heavy atom. The minimum Gasteiger partial charge on any atom is -0.381 e. The fourth-order valence-electron chi connectivity index (χ4n) is 1.30. The molecule has 2 N–H and O–H groups in total. The van der Waals surface area contributed by atoms with Gasteiger partial charge < -0.3 is 10.3 Å². The van der Waals surface area contributed by atoms with Gasteiger partial charge in [0.15, 0.2) is 11.6 Å². The van der Waals surface area contributed by atoms with Gasteiger partial charge in [-0.25, -0.2) is 0 Å². The number of hydrogen-bond acceptors (Lipinski definition) is 4. The monoisotopic (exact) mass is 189 g/mol. The van der Waals surface area contributed by atoms with Crippen LogP contribution in [-0.2, 0) is 0 Å². The predicted octanol–water partition coefficient (Wildman–Crippen LogP) is 1.94. The van der Waals surface area contributed by atoms with E-state index < -0.39 is 0 Å². The Labute approximate surface area is 81.7 Å². The van der Waals surface area contributed by atoms with E-state index in [1.165, 1.54) is 0 Å². The van der Waals surface area contributed by atoms with Crippen LogP contribution in [0, 0.1) is 13.8 Å². The van der Waals surface area contributed by atoms with Crippen LogP contribution in [0.25, 0.3) is 11.3 Å².